The maximum Gasteiger partial charge on any atom is 0.216 e. The molecule has 1 heterocycles. The molecule has 0 saturated heterocycles. The average molecular weight is 166 g/mol. The highest BCUT2D eigenvalue weighted by atomic mass is 32.2. The maximum absolute atomic E-state index is 10.9. The van der Waals surface area contributed by atoms with E-state index < -0.39 is 0 Å². The van der Waals surface area contributed by atoms with Crippen molar-refractivity contribution in [2.45, 2.75) is 25.7 Å². The Morgan fingerprint density at radius 3 is 2.45 bits per heavy atom. The van der Waals surface area contributed by atoms with Crippen LogP contribution in [0.1, 0.15) is 25.7 Å². The molecular weight excluding hydrogens is 156 g/mol. The lowest BCUT2D eigenvalue weighted by Crippen LogP contribution is -1.78. The number of carbonyl (C=O) groups excluding carboxylic acids is 1. The van der Waals surface area contributed by atoms with E-state index in [1.165, 1.54) is 47.9 Å². The van der Waals surface area contributed by atoms with Gasteiger partial charge < -0.3 is 0 Å². The third-order valence-electron chi connectivity index (χ3n) is 2.14. The summed E-state index contributed by atoms with van der Waals surface area (Å²) in [6, 6.07) is 0. The van der Waals surface area contributed by atoms with Gasteiger partial charge in [0.2, 0.25) is 5.12 Å². The van der Waals surface area contributed by atoms with E-state index in [9.17, 15) is 4.79 Å². The first-order valence-corrected chi connectivity index (χ1v) is 4.80. The zero-order chi connectivity index (χ0) is 7.68. The van der Waals surface area contributed by atoms with E-state index in [1.807, 2.05) is 6.08 Å². The van der Waals surface area contributed by atoms with E-state index in [0.29, 0.717) is 0 Å². The van der Waals surface area contributed by atoms with E-state index in [2.05, 4.69) is 0 Å². The molecule has 1 fully saturated rings. The molecule has 2 rings (SSSR count). The van der Waals surface area contributed by atoms with Crippen LogP contribution in [0.25, 0.3) is 0 Å². The predicted molar refractivity (Wildman–Crippen MR) is 47.2 cm³/mol. The Labute approximate surface area is 70.6 Å². The van der Waals surface area contributed by atoms with Crippen LogP contribution in [0.5, 0.6) is 0 Å². The summed E-state index contributed by atoms with van der Waals surface area (Å²) in [4.78, 5) is 12.1. The SMILES string of the molecule is O=C1C=CC(=C2CCCC2)S1. The summed E-state index contributed by atoms with van der Waals surface area (Å²) in [5.41, 5.74) is 1.50. The van der Waals surface area contributed by atoms with Crippen LogP contribution in [0.2, 0.25) is 0 Å². The number of allylic oxidation sites excluding steroid dienone is 2. The Hall–Kier alpha value is -0.500. The molecule has 2 heteroatoms. The molecule has 0 unspecified atom stereocenters. The van der Waals surface area contributed by atoms with Gasteiger partial charge in [-0.3, -0.25) is 4.79 Å². The molecule has 0 N–H and O–H groups in total. The van der Waals surface area contributed by atoms with Gasteiger partial charge in [-0.2, -0.15) is 0 Å². The number of carbonyl (C=O) groups is 1. The van der Waals surface area contributed by atoms with Crippen LogP contribution in [-0.2, 0) is 4.79 Å². The molecule has 1 aliphatic heterocycles. The third kappa shape index (κ3) is 1.41. The summed E-state index contributed by atoms with van der Waals surface area (Å²) in [7, 11) is 0. The van der Waals surface area contributed by atoms with Gasteiger partial charge in [-0.25, -0.2) is 0 Å². The van der Waals surface area contributed by atoms with Gasteiger partial charge in [0.15, 0.2) is 0 Å². The Morgan fingerprint density at radius 2 is 1.91 bits per heavy atom. The van der Waals surface area contributed by atoms with Crippen molar-refractivity contribution in [1.82, 2.24) is 0 Å². The first kappa shape index (κ1) is 7.17. The van der Waals surface area contributed by atoms with Crippen LogP contribution in [0.3, 0.4) is 0 Å². The van der Waals surface area contributed by atoms with Crippen molar-refractivity contribution in [1.29, 1.82) is 0 Å². The Kier molecular flexibility index (Phi) is 1.86. The molecule has 1 saturated carbocycles. The van der Waals surface area contributed by atoms with Crippen molar-refractivity contribution >= 4 is 16.9 Å². The van der Waals surface area contributed by atoms with Gasteiger partial charge in [-0.15, -0.1) is 0 Å². The zero-order valence-corrected chi connectivity index (χ0v) is 7.12. The number of hydrogen-bond donors (Lipinski definition) is 0. The molecule has 0 radical (unpaired) electrons. The average Bonchev–Trinajstić information content (AvgIpc) is 2.55. The van der Waals surface area contributed by atoms with E-state index in [0.717, 1.165) is 0 Å². The number of hydrogen-bond acceptors (Lipinski definition) is 2. The van der Waals surface area contributed by atoms with Crippen LogP contribution in [0, 0.1) is 0 Å². The fourth-order valence-electron chi connectivity index (χ4n) is 1.56. The normalized spacial score (nSPS) is 23.8. The number of thioether (sulfide) groups is 1. The second kappa shape index (κ2) is 2.86. The van der Waals surface area contributed by atoms with Crippen molar-refractivity contribution in [3.05, 3.63) is 22.6 Å². The summed E-state index contributed by atoms with van der Waals surface area (Å²) in [5.74, 6) is 0. The molecule has 0 aromatic carbocycles. The Bertz CT molecular complexity index is 242. The van der Waals surface area contributed by atoms with E-state index in [4.69, 9.17) is 0 Å². The van der Waals surface area contributed by atoms with Crippen LogP contribution < -0.4 is 0 Å². The minimum atomic E-state index is 0.194. The van der Waals surface area contributed by atoms with Crippen molar-refractivity contribution in [3.8, 4) is 0 Å². The third-order valence-corrected chi connectivity index (χ3v) is 3.12. The molecule has 0 aromatic rings. The van der Waals surface area contributed by atoms with Gasteiger partial charge in [0.25, 0.3) is 0 Å². The molecular formula is C9H10OS. The van der Waals surface area contributed by atoms with Crippen LogP contribution >= 0.6 is 11.8 Å². The van der Waals surface area contributed by atoms with Crippen molar-refractivity contribution in [3.63, 3.8) is 0 Å². The molecule has 11 heavy (non-hydrogen) atoms. The fraction of sp³-hybridized carbons (Fsp3) is 0.444. The molecule has 1 nitrogen and oxygen atoms in total. The Balaban J connectivity index is 2.21. The highest BCUT2D eigenvalue weighted by Gasteiger charge is 2.16. The molecule has 2 aliphatic rings. The largest absolute Gasteiger partial charge is 0.282 e. The molecule has 0 spiro atoms. The van der Waals surface area contributed by atoms with Gasteiger partial charge in [0.1, 0.15) is 0 Å². The van der Waals surface area contributed by atoms with Crippen molar-refractivity contribution < 1.29 is 4.79 Å². The van der Waals surface area contributed by atoms with E-state index in [-0.39, 0.29) is 5.12 Å². The molecule has 1 aliphatic carbocycles. The van der Waals surface area contributed by atoms with E-state index >= 15 is 0 Å². The molecule has 0 amide bonds. The molecule has 58 valence electrons. The smallest absolute Gasteiger partial charge is 0.216 e. The summed E-state index contributed by atoms with van der Waals surface area (Å²) < 4.78 is 0. The van der Waals surface area contributed by atoms with Crippen molar-refractivity contribution in [2.24, 2.45) is 0 Å². The quantitative estimate of drug-likeness (QED) is 0.550. The summed E-state index contributed by atoms with van der Waals surface area (Å²) >= 11 is 1.39. The Morgan fingerprint density at radius 1 is 1.18 bits per heavy atom. The molecule has 0 aromatic heterocycles. The van der Waals surface area contributed by atoms with Crippen LogP contribution in [-0.4, -0.2) is 5.12 Å². The highest BCUT2D eigenvalue weighted by molar-refractivity contribution is 8.17. The second-order valence-corrected chi connectivity index (χ2v) is 3.98. The second-order valence-electron chi connectivity index (χ2n) is 2.93. The van der Waals surface area contributed by atoms with Crippen LogP contribution in [0.4, 0.5) is 0 Å². The minimum absolute atomic E-state index is 0.194. The summed E-state index contributed by atoms with van der Waals surface area (Å²) in [6.45, 7) is 0. The summed E-state index contributed by atoms with van der Waals surface area (Å²) in [5, 5.41) is 0.194. The van der Waals surface area contributed by atoms with E-state index in [1.54, 1.807) is 6.08 Å². The van der Waals surface area contributed by atoms with Crippen molar-refractivity contribution in [2.75, 3.05) is 0 Å². The number of rotatable bonds is 0. The lowest BCUT2D eigenvalue weighted by Gasteiger charge is -1.97. The highest BCUT2D eigenvalue weighted by Crippen LogP contribution is 2.36. The van der Waals surface area contributed by atoms with Gasteiger partial charge in [-0.05, 0) is 49.6 Å². The summed E-state index contributed by atoms with van der Waals surface area (Å²) in [6.07, 6.45) is 8.67. The monoisotopic (exact) mass is 166 g/mol. The van der Waals surface area contributed by atoms with Gasteiger partial charge in [0, 0.05) is 4.91 Å². The predicted octanol–water partition coefficient (Wildman–Crippen LogP) is 2.64. The molecule has 0 bridgehead atoms. The lowest BCUT2D eigenvalue weighted by molar-refractivity contribution is -0.106. The first-order chi connectivity index (χ1) is 5.36. The minimum Gasteiger partial charge on any atom is -0.282 e. The van der Waals surface area contributed by atoms with Gasteiger partial charge in [-0.1, -0.05) is 5.57 Å². The maximum atomic E-state index is 10.9. The van der Waals surface area contributed by atoms with Gasteiger partial charge in [0.05, 0.1) is 0 Å². The fourth-order valence-corrected chi connectivity index (χ4v) is 2.40. The lowest BCUT2D eigenvalue weighted by atomic mass is 10.2. The zero-order valence-electron chi connectivity index (χ0n) is 6.30. The van der Waals surface area contributed by atoms with Gasteiger partial charge >= 0.3 is 0 Å². The topological polar surface area (TPSA) is 17.1 Å². The first-order valence-electron chi connectivity index (χ1n) is 3.98. The molecule has 0 atom stereocenters. The standard InChI is InChI=1S/C9H10OS/c10-9-6-5-8(11-9)7-3-1-2-4-7/h5-6H,1-4H2. The van der Waals surface area contributed by atoms with Crippen LogP contribution in [0.15, 0.2) is 22.6 Å².